The van der Waals surface area contributed by atoms with Gasteiger partial charge in [-0.3, -0.25) is 4.79 Å². The number of nitrogens with zero attached hydrogens (tertiary/aromatic N) is 1. The number of benzene rings is 1. The van der Waals surface area contributed by atoms with Gasteiger partial charge in [0.25, 0.3) is 0 Å². The highest BCUT2D eigenvalue weighted by Crippen LogP contribution is 2.31. The fraction of sp³-hybridized carbons (Fsp3) is 0.143. The van der Waals surface area contributed by atoms with Gasteiger partial charge >= 0.3 is 0 Å². The molecule has 0 atom stereocenters. The highest BCUT2D eigenvalue weighted by Gasteiger charge is 2.11. The molecule has 0 fully saturated rings. The maximum Gasteiger partial charge on any atom is 0.226 e. The predicted molar refractivity (Wildman–Crippen MR) is 76.9 cm³/mol. The average molecular weight is 338 g/mol. The average Bonchev–Trinajstić information content (AvgIpc) is 2.47. The van der Waals surface area contributed by atoms with Crippen LogP contribution in [0.3, 0.4) is 0 Å². The van der Waals surface area contributed by atoms with E-state index in [1.807, 2.05) is 0 Å². The summed E-state index contributed by atoms with van der Waals surface area (Å²) < 4.78 is 16.5. The van der Waals surface area contributed by atoms with Crippen LogP contribution < -0.4 is 14.2 Å². The molecule has 2 rings (SSSR count). The number of hydrogen-bond donors (Lipinski definition) is 0. The lowest BCUT2D eigenvalue weighted by Crippen LogP contribution is -1.96. The van der Waals surface area contributed by atoms with Gasteiger partial charge in [0.15, 0.2) is 6.29 Å². The van der Waals surface area contributed by atoms with Crippen LogP contribution in [0.2, 0.25) is 0 Å². The summed E-state index contributed by atoms with van der Waals surface area (Å²) in [5, 5.41) is 0. The first-order valence-electron chi connectivity index (χ1n) is 5.69. The van der Waals surface area contributed by atoms with Crippen LogP contribution in [0.25, 0.3) is 0 Å². The van der Waals surface area contributed by atoms with E-state index in [0.29, 0.717) is 27.4 Å². The first-order chi connectivity index (χ1) is 9.67. The molecule has 0 aliphatic heterocycles. The van der Waals surface area contributed by atoms with Gasteiger partial charge in [-0.25, -0.2) is 0 Å². The van der Waals surface area contributed by atoms with Crippen molar-refractivity contribution in [2.45, 2.75) is 0 Å². The van der Waals surface area contributed by atoms with E-state index in [2.05, 4.69) is 20.9 Å². The summed E-state index contributed by atoms with van der Waals surface area (Å²) in [6.45, 7) is 0. The van der Waals surface area contributed by atoms with Gasteiger partial charge < -0.3 is 14.2 Å². The molecule has 0 unspecified atom stereocenters. The highest BCUT2D eigenvalue weighted by atomic mass is 79.9. The minimum absolute atomic E-state index is 0.280. The molecule has 1 heterocycles. The van der Waals surface area contributed by atoms with E-state index in [4.69, 9.17) is 14.2 Å². The van der Waals surface area contributed by atoms with Crippen LogP contribution in [0.4, 0.5) is 0 Å². The van der Waals surface area contributed by atoms with Crippen molar-refractivity contribution in [1.82, 2.24) is 4.98 Å². The van der Waals surface area contributed by atoms with Gasteiger partial charge in [0, 0.05) is 16.6 Å². The largest absolute Gasteiger partial charge is 0.496 e. The molecule has 0 aliphatic carbocycles. The van der Waals surface area contributed by atoms with Gasteiger partial charge in [-0.05, 0) is 28.1 Å². The van der Waals surface area contributed by atoms with Crippen molar-refractivity contribution in [3.05, 3.63) is 40.4 Å². The molecule has 0 spiro atoms. The molecule has 0 radical (unpaired) electrons. The van der Waals surface area contributed by atoms with E-state index in [-0.39, 0.29) is 5.88 Å². The smallest absolute Gasteiger partial charge is 0.226 e. The van der Waals surface area contributed by atoms with Crippen molar-refractivity contribution in [2.24, 2.45) is 0 Å². The van der Waals surface area contributed by atoms with Gasteiger partial charge in [-0.2, -0.15) is 4.98 Å². The van der Waals surface area contributed by atoms with Crippen molar-refractivity contribution in [3.63, 3.8) is 0 Å². The van der Waals surface area contributed by atoms with Crippen molar-refractivity contribution in [3.8, 4) is 23.3 Å². The summed E-state index contributed by atoms with van der Waals surface area (Å²) in [7, 11) is 3.04. The Morgan fingerprint density at radius 3 is 2.55 bits per heavy atom. The topological polar surface area (TPSA) is 57.6 Å². The predicted octanol–water partition coefficient (Wildman–Crippen LogP) is 3.47. The third-order valence-corrected chi connectivity index (χ3v) is 3.23. The van der Waals surface area contributed by atoms with E-state index in [9.17, 15) is 4.79 Å². The molecule has 5 nitrogen and oxygen atoms in total. The Morgan fingerprint density at radius 2 is 1.90 bits per heavy atom. The molecule has 0 saturated carbocycles. The Morgan fingerprint density at radius 1 is 1.15 bits per heavy atom. The van der Waals surface area contributed by atoms with Crippen molar-refractivity contribution >= 4 is 22.2 Å². The molecule has 6 heteroatoms. The Kier molecular flexibility index (Phi) is 4.57. The number of aldehydes is 1. The summed E-state index contributed by atoms with van der Waals surface area (Å²) in [5.41, 5.74) is 0.413. The number of rotatable bonds is 5. The molecule has 20 heavy (non-hydrogen) atoms. The first-order valence-corrected chi connectivity index (χ1v) is 6.49. The number of halogens is 1. The molecule has 2 aromatic rings. The number of hydrogen-bond acceptors (Lipinski definition) is 5. The number of ether oxygens (including phenoxy) is 3. The molecule has 0 amide bonds. The van der Waals surface area contributed by atoms with Crippen LogP contribution in [0.1, 0.15) is 10.4 Å². The third kappa shape index (κ3) is 3.08. The summed E-state index contributed by atoms with van der Waals surface area (Å²) in [5.74, 6) is 1.59. The van der Waals surface area contributed by atoms with E-state index in [0.717, 1.165) is 6.29 Å². The number of methoxy groups -OCH3 is 2. The van der Waals surface area contributed by atoms with Crippen LogP contribution in [0.15, 0.2) is 34.8 Å². The van der Waals surface area contributed by atoms with Crippen LogP contribution in [0, 0.1) is 0 Å². The number of carbonyl (C=O) groups excluding carboxylic acids is 1. The maximum absolute atomic E-state index is 11.1. The quantitative estimate of drug-likeness (QED) is 0.782. The molecule has 1 aromatic heterocycles. The van der Waals surface area contributed by atoms with Crippen molar-refractivity contribution in [1.29, 1.82) is 0 Å². The first kappa shape index (κ1) is 14.3. The van der Waals surface area contributed by atoms with Crippen LogP contribution in [0.5, 0.6) is 23.3 Å². The second kappa shape index (κ2) is 6.38. The molecule has 104 valence electrons. The van der Waals surface area contributed by atoms with E-state index >= 15 is 0 Å². The molecule has 0 N–H and O–H groups in total. The summed E-state index contributed by atoms with van der Waals surface area (Å²) in [6.07, 6.45) is 0.719. The Labute approximate surface area is 124 Å². The SMILES string of the molecule is COc1cc(OC)nc(Oc2cccc(Br)c2C=O)c1. The van der Waals surface area contributed by atoms with E-state index < -0.39 is 0 Å². The number of pyridine rings is 1. The van der Waals surface area contributed by atoms with Gasteiger partial charge in [0.2, 0.25) is 11.8 Å². The zero-order chi connectivity index (χ0) is 14.5. The lowest BCUT2D eigenvalue weighted by atomic mass is 10.2. The van der Waals surface area contributed by atoms with Gasteiger partial charge in [-0.15, -0.1) is 0 Å². The monoisotopic (exact) mass is 337 g/mol. The number of carbonyl (C=O) groups is 1. The highest BCUT2D eigenvalue weighted by molar-refractivity contribution is 9.10. The standard InChI is InChI=1S/C14H12BrNO4/c1-18-9-6-13(19-2)16-14(7-9)20-12-5-3-4-11(15)10(12)8-17/h3-8H,1-2H3. The van der Waals surface area contributed by atoms with Gasteiger partial charge in [0.1, 0.15) is 11.5 Å². The molecule has 0 aliphatic rings. The second-order valence-corrected chi connectivity index (χ2v) is 4.61. The summed E-state index contributed by atoms with van der Waals surface area (Å²) in [6, 6.07) is 8.45. The van der Waals surface area contributed by atoms with Crippen molar-refractivity contribution in [2.75, 3.05) is 14.2 Å². The van der Waals surface area contributed by atoms with Crippen LogP contribution in [-0.4, -0.2) is 25.5 Å². The minimum Gasteiger partial charge on any atom is -0.496 e. The lowest BCUT2D eigenvalue weighted by molar-refractivity contribution is 0.112. The van der Waals surface area contributed by atoms with Gasteiger partial charge in [0.05, 0.1) is 19.8 Å². The fourth-order valence-electron chi connectivity index (χ4n) is 1.57. The zero-order valence-electron chi connectivity index (χ0n) is 10.9. The zero-order valence-corrected chi connectivity index (χ0v) is 12.5. The summed E-state index contributed by atoms with van der Waals surface area (Å²) >= 11 is 3.30. The van der Waals surface area contributed by atoms with Crippen LogP contribution in [-0.2, 0) is 0 Å². The number of aromatic nitrogens is 1. The Bertz CT molecular complexity index is 608. The minimum atomic E-state index is 0.280. The van der Waals surface area contributed by atoms with Gasteiger partial charge in [-0.1, -0.05) is 6.07 Å². The van der Waals surface area contributed by atoms with Crippen molar-refractivity contribution < 1.29 is 19.0 Å². The molecule has 0 bridgehead atoms. The molecular formula is C14H12BrNO4. The lowest BCUT2D eigenvalue weighted by Gasteiger charge is -2.10. The van der Waals surface area contributed by atoms with E-state index in [1.165, 1.54) is 14.2 Å². The molecular weight excluding hydrogens is 326 g/mol. The Balaban J connectivity index is 2.39. The molecule has 0 saturated heterocycles. The maximum atomic E-state index is 11.1. The third-order valence-electron chi connectivity index (χ3n) is 2.54. The Hall–Kier alpha value is -2.08. The molecule has 1 aromatic carbocycles. The normalized spacial score (nSPS) is 9.95. The summed E-state index contributed by atoms with van der Waals surface area (Å²) in [4.78, 5) is 15.2. The van der Waals surface area contributed by atoms with Crippen LogP contribution >= 0.6 is 15.9 Å². The van der Waals surface area contributed by atoms with E-state index in [1.54, 1.807) is 30.3 Å². The fourth-order valence-corrected chi connectivity index (χ4v) is 2.01. The second-order valence-electron chi connectivity index (χ2n) is 3.76.